The third kappa shape index (κ3) is 3.54. The second kappa shape index (κ2) is 7.19. The van der Waals surface area contributed by atoms with Crippen molar-refractivity contribution >= 4 is 11.7 Å². The van der Waals surface area contributed by atoms with Crippen LogP contribution in [0.4, 0.5) is 8.78 Å². The predicted octanol–water partition coefficient (Wildman–Crippen LogP) is 4.48. The van der Waals surface area contributed by atoms with Gasteiger partial charge in [0.25, 0.3) is 5.91 Å². The maximum atomic E-state index is 14.6. The molecule has 0 aromatic heterocycles. The normalized spacial score (nSPS) is 17.4. The maximum absolute atomic E-state index is 14.6. The highest BCUT2D eigenvalue weighted by Crippen LogP contribution is 2.42. The first kappa shape index (κ1) is 19.7. The van der Waals surface area contributed by atoms with Crippen LogP contribution in [0.5, 0.6) is 0 Å². The molecule has 2 aromatic carbocycles. The summed E-state index contributed by atoms with van der Waals surface area (Å²) in [5.74, 6) is -2.88. The molecule has 28 heavy (non-hydrogen) atoms. The number of carbonyl (C=O) groups is 2. The second-order valence-corrected chi connectivity index (χ2v) is 7.82. The quantitative estimate of drug-likeness (QED) is 0.845. The van der Waals surface area contributed by atoms with Crippen molar-refractivity contribution in [2.45, 2.75) is 33.4 Å². The molecule has 0 fully saturated rings. The highest BCUT2D eigenvalue weighted by molar-refractivity contribution is 6.10. The van der Waals surface area contributed by atoms with E-state index in [-0.39, 0.29) is 17.7 Å². The Morgan fingerprint density at radius 2 is 1.68 bits per heavy atom. The van der Waals surface area contributed by atoms with Crippen molar-refractivity contribution in [1.29, 1.82) is 0 Å². The Labute approximate surface area is 162 Å². The van der Waals surface area contributed by atoms with Gasteiger partial charge in [-0.05, 0) is 23.8 Å². The van der Waals surface area contributed by atoms with E-state index in [0.29, 0.717) is 5.56 Å². The van der Waals surface area contributed by atoms with Crippen LogP contribution in [-0.2, 0) is 16.1 Å². The molecule has 0 spiro atoms. The molecular formula is C22H21F2NO3. The third-order valence-corrected chi connectivity index (χ3v) is 4.70. The predicted molar refractivity (Wildman–Crippen MR) is 100 cm³/mol. The van der Waals surface area contributed by atoms with Gasteiger partial charge in [0.15, 0.2) is 11.5 Å². The number of hydrogen-bond acceptors (Lipinski definition) is 3. The number of aliphatic hydroxyl groups excluding tert-OH is 1. The Hall–Kier alpha value is -3.02. The summed E-state index contributed by atoms with van der Waals surface area (Å²) >= 11 is 0. The lowest BCUT2D eigenvalue weighted by Gasteiger charge is -2.29. The smallest absolute Gasteiger partial charge is 0.290 e. The van der Waals surface area contributed by atoms with Crippen molar-refractivity contribution in [3.05, 3.63) is 82.6 Å². The number of amides is 1. The Morgan fingerprint density at radius 1 is 1.07 bits per heavy atom. The summed E-state index contributed by atoms with van der Waals surface area (Å²) in [5, 5.41) is 10.5. The summed E-state index contributed by atoms with van der Waals surface area (Å²) < 4.78 is 27.8. The van der Waals surface area contributed by atoms with Crippen LogP contribution in [0.3, 0.4) is 0 Å². The summed E-state index contributed by atoms with van der Waals surface area (Å²) in [6.45, 7) is 4.99. The average molecular weight is 385 g/mol. The lowest BCUT2D eigenvalue weighted by molar-refractivity contribution is -0.130. The van der Waals surface area contributed by atoms with Gasteiger partial charge in [-0.2, -0.15) is 0 Å². The van der Waals surface area contributed by atoms with Gasteiger partial charge < -0.3 is 10.0 Å². The van der Waals surface area contributed by atoms with Crippen molar-refractivity contribution in [2.75, 3.05) is 0 Å². The molecule has 1 unspecified atom stereocenters. The molecule has 0 saturated carbocycles. The van der Waals surface area contributed by atoms with Gasteiger partial charge in [0.2, 0.25) is 0 Å². The Balaban J connectivity index is 2.11. The molecule has 1 N–H and O–H groups in total. The molecule has 1 aliphatic heterocycles. The van der Waals surface area contributed by atoms with E-state index < -0.39 is 40.5 Å². The van der Waals surface area contributed by atoms with Crippen LogP contribution in [0.2, 0.25) is 0 Å². The summed E-state index contributed by atoms with van der Waals surface area (Å²) in [7, 11) is 0. The van der Waals surface area contributed by atoms with E-state index in [0.717, 1.165) is 0 Å². The molecule has 2 aromatic rings. The number of aliphatic hydroxyl groups is 1. The van der Waals surface area contributed by atoms with Crippen LogP contribution < -0.4 is 0 Å². The second-order valence-electron chi connectivity index (χ2n) is 7.82. The molecular weight excluding hydrogens is 364 g/mol. The van der Waals surface area contributed by atoms with E-state index in [1.165, 1.54) is 47.4 Å². The zero-order chi connectivity index (χ0) is 20.6. The van der Waals surface area contributed by atoms with E-state index in [1.54, 1.807) is 26.8 Å². The monoisotopic (exact) mass is 385 g/mol. The van der Waals surface area contributed by atoms with Crippen LogP contribution in [0.15, 0.2) is 59.9 Å². The number of hydrogen-bond donors (Lipinski definition) is 1. The largest absolute Gasteiger partial charge is 0.503 e. The van der Waals surface area contributed by atoms with Crippen LogP contribution in [0, 0.1) is 17.0 Å². The molecule has 6 heteroatoms. The molecule has 0 aliphatic carbocycles. The Bertz CT molecular complexity index is 958. The summed E-state index contributed by atoms with van der Waals surface area (Å²) in [4.78, 5) is 27.0. The van der Waals surface area contributed by atoms with Gasteiger partial charge in [-0.15, -0.1) is 0 Å². The van der Waals surface area contributed by atoms with Crippen molar-refractivity contribution in [3.8, 4) is 0 Å². The van der Waals surface area contributed by atoms with Gasteiger partial charge in [-0.3, -0.25) is 9.59 Å². The molecule has 0 bridgehead atoms. The van der Waals surface area contributed by atoms with Gasteiger partial charge >= 0.3 is 0 Å². The number of benzene rings is 2. The zero-order valence-electron chi connectivity index (χ0n) is 15.9. The van der Waals surface area contributed by atoms with Gasteiger partial charge in [0.1, 0.15) is 11.6 Å². The van der Waals surface area contributed by atoms with Gasteiger partial charge in [0.05, 0.1) is 11.6 Å². The highest BCUT2D eigenvalue weighted by atomic mass is 19.1. The fraction of sp³-hybridized carbons (Fsp3) is 0.273. The summed E-state index contributed by atoms with van der Waals surface area (Å²) in [5.41, 5.74) is -0.286. The molecule has 1 aliphatic rings. The van der Waals surface area contributed by atoms with Crippen LogP contribution in [-0.4, -0.2) is 21.7 Å². The first-order valence-corrected chi connectivity index (χ1v) is 8.89. The molecule has 146 valence electrons. The minimum atomic E-state index is -1.06. The molecule has 1 amide bonds. The molecule has 4 nitrogen and oxygen atoms in total. The molecule has 0 saturated heterocycles. The van der Waals surface area contributed by atoms with E-state index in [2.05, 4.69) is 0 Å². The van der Waals surface area contributed by atoms with Crippen molar-refractivity contribution < 1.29 is 23.5 Å². The molecule has 3 rings (SSSR count). The molecule has 1 heterocycles. The highest BCUT2D eigenvalue weighted by Gasteiger charge is 2.46. The van der Waals surface area contributed by atoms with Crippen LogP contribution in [0.25, 0.3) is 0 Å². The third-order valence-electron chi connectivity index (χ3n) is 4.70. The summed E-state index contributed by atoms with van der Waals surface area (Å²) in [6.07, 6.45) is 0. The van der Waals surface area contributed by atoms with E-state index in [1.807, 2.05) is 0 Å². The lowest BCUT2D eigenvalue weighted by Crippen LogP contribution is -2.33. The Morgan fingerprint density at radius 3 is 2.25 bits per heavy atom. The number of rotatable bonds is 4. The van der Waals surface area contributed by atoms with Crippen LogP contribution in [0.1, 0.15) is 37.9 Å². The van der Waals surface area contributed by atoms with Gasteiger partial charge in [-0.25, -0.2) is 8.78 Å². The minimum Gasteiger partial charge on any atom is -0.503 e. The number of ketones is 1. The van der Waals surface area contributed by atoms with E-state index in [4.69, 9.17) is 0 Å². The first-order chi connectivity index (χ1) is 13.1. The standard InChI is InChI=1S/C22H21F2NO3/c1-22(2,3)20(27)17-18(15-6-4-5-7-16(15)24)25(21(28)19(17)26)12-13-8-10-14(23)11-9-13/h4-11,18,26H,12H2,1-3H3. The van der Waals surface area contributed by atoms with E-state index in [9.17, 15) is 23.5 Å². The number of halogens is 2. The lowest BCUT2D eigenvalue weighted by atomic mass is 9.82. The van der Waals surface area contributed by atoms with Crippen molar-refractivity contribution in [2.24, 2.45) is 5.41 Å². The first-order valence-electron chi connectivity index (χ1n) is 8.89. The van der Waals surface area contributed by atoms with Gasteiger partial charge in [0, 0.05) is 17.5 Å². The van der Waals surface area contributed by atoms with Crippen molar-refractivity contribution in [1.82, 2.24) is 4.90 Å². The van der Waals surface area contributed by atoms with Crippen molar-refractivity contribution in [3.63, 3.8) is 0 Å². The Kier molecular flexibility index (Phi) is 5.06. The topological polar surface area (TPSA) is 57.6 Å². The maximum Gasteiger partial charge on any atom is 0.290 e. The summed E-state index contributed by atoms with van der Waals surface area (Å²) in [6, 6.07) is 10.3. The van der Waals surface area contributed by atoms with Gasteiger partial charge in [-0.1, -0.05) is 51.1 Å². The minimum absolute atomic E-state index is 0.0108. The SMILES string of the molecule is CC(C)(C)C(=O)C1=C(O)C(=O)N(Cc2ccc(F)cc2)C1c1ccccc1F. The molecule has 0 radical (unpaired) electrons. The van der Waals surface area contributed by atoms with Crippen LogP contribution >= 0.6 is 0 Å². The number of carbonyl (C=O) groups excluding carboxylic acids is 2. The fourth-order valence-electron chi connectivity index (χ4n) is 3.26. The zero-order valence-corrected chi connectivity index (χ0v) is 15.9. The number of Topliss-reactive ketones (excluding diaryl/α,β-unsaturated/α-hetero) is 1. The number of nitrogens with zero attached hydrogens (tertiary/aromatic N) is 1. The average Bonchev–Trinajstić information content (AvgIpc) is 2.87. The van der Waals surface area contributed by atoms with E-state index >= 15 is 0 Å². The molecule has 1 atom stereocenters. The fourth-order valence-corrected chi connectivity index (χ4v) is 3.26.